The lowest BCUT2D eigenvalue weighted by molar-refractivity contribution is -0.147. The van der Waals surface area contributed by atoms with E-state index in [-0.39, 0.29) is 13.0 Å². The van der Waals surface area contributed by atoms with Crippen molar-refractivity contribution in [3.8, 4) is 5.75 Å². The summed E-state index contributed by atoms with van der Waals surface area (Å²) >= 11 is 0. The van der Waals surface area contributed by atoms with Gasteiger partial charge in [0.1, 0.15) is 5.75 Å². The van der Waals surface area contributed by atoms with Gasteiger partial charge in [-0.2, -0.15) is 0 Å². The number of hydrogen-bond acceptors (Lipinski definition) is 4. The molecular formula is C15H18N2O5. The van der Waals surface area contributed by atoms with Gasteiger partial charge < -0.3 is 20.5 Å². The molecule has 2 rings (SSSR count). The fourth-order valence-electron chi connectivity index (χ4n) is 1.86. The molecule has 7 heteroatoms. The molecule has 1 aromatic rings. The highest BCUT2D eigenvalue weighted by Gasteiger charge is 2.31. The van der Waals surface area contributed by atoms with Crippen molar-refractivity contribution in [2.24, 2.45) is 5.41 Å². The molecule has 0 saturated heterocycles. The number of nitrogens with one attached hydrogen (secondary N) is 2. The molecule has 3 N–H and O–H groups in total. The van der Waals surface area contributed by atoms with Crippen LogP contribution in [-0.4, -0.2) is 35.5 Å². The van der Waals surface area contributed by atoms with Gasteiger partial charge in [-0.15, -0.1) is 0 Å². The van der Waals surface area contributed by atoms with E-state index in [1.165, 1.54) is 13.8 Å². The van der Waals surface area contributed by atoms with E-state index in [9.17, 15) is 14.4 Å². The zero-order valence-corrected chi connectivity index (χ0v) is 12.4. The molecule has 1 atom stereocenters. The Morgan fingerprint density at radius 1 is 1.36 bits per heavy atom. The number of hydrogen-bond donors (Lipinski definition) is 3. The third-order valence-electron chi connectivity index (χ3n) is 3.38. The van der Waals surface area contributed by atoms with Gasteiger partial charge >= 0.3 is 5.97 Å². The molecule has 0 spiro atoms. The summed E-state index contributed by atoms with van der Waals surface area (Å²) in [6, 6.07) is 6.94. The average Bonchev–Trinajstić information content (AvgIpc) is 2.46. The number of ether oxygens (including phenoxy) is 1. The molecule has 0 aromatic heterocycles. The molecule has 2 amide bonds. The monoisotopic (exact) mass is 306 g/mol. The van der Waals surface area contributed by atoms with Gasteiger partial charge in [-0.25, -0.2) is 0 Å². The van der Waals surface area contributed by atoms with E-state index in [1.54, 1.807) is 24.3 Å². The SMILES string of the molecule is CC(C)(CNC(=O)CC1Oc2ccccc2NC1=O)C(=O)O. The number of fused-ring (bicyclic) bond motifs is 1. The topological polar surface area (TPSA) is 105 Å². The number of aliphatic carboxylic acids is 1. The Kier molecular flexibility index (Phi) is 4.35. The van der Waals surface area contributed by atoms with Crippen LogP contribution in [0, 0.1) is 5.41 Å². The lowest BCUT2D eigenvalue weighted by Gasteiger charge is -2.26. The van der Waals surface area contributed by atoms with Gasteiger partial charge in [-0.1, -0.05) is 12.1 Å². The second kappa shape index (κ2) is 6.05. The van der Waals surface area contributed by atoms with Gasteiger partial charge in [-0.05, 0) is 26.0 Å². The van der Waals surface area contributed by atoms with Crippen LogP contribution in [0.3, 0.4) is 0 Å². The Morgan fingerprint density at radius 2 is 2.05 bits per heavy atom. The summed E-state index contributed by atoms with van der Waals surface area (Å²) in [6.45, 7) is 3.00. The molecule has 0 bridgehead atoms. The molecule has 118 valence electrons. The Labute approximate surface area is 127 Å². The molecule has 1 aromatic carbocycles. The maximum Gasteiger partial charge on any atom is 0.310 e. The summed E-state index contributed by atoms with van der Waals surface area (Å²) < 4.78 is 5.51. The van der Waals surface area contributed by atoms with E-state index < -0.39 is 29.3 Å². The predicted octanol–water partition coefficient (Wildman–Crippen LogP) is 1.00. The lowest BCUT2D eigenvalue weighted by Crippen LogP contribution is -2.44. The van der Waals surface area contributed by atoms with E-state index >= 15 is 0 Å². The minimum Gasteiger partial charge on any atom is -0.481 e. The van der Waals surface area contributed by atoms with Crippen molar-refractivity contribution in [1.29, 1.82) is 0 Å². The highest BCUT2D eigenvalue weighted by molar-refractivity contribution is 5.99. The molecular weight excluding hydrogens is 288 g/mol. The summed E-state index contributed by atoms with van der Waals surface area (Å²) in [6.07, 6.45) is -1.10. The molecule has 0 radical (unpaired) electrons. The zero-order chi connectivity index (χ0) is 16.3. The molecule has 1 heterocycles. The first-order valence-electron chi connectivity index (χ1n) is 6.86. The first kappa shape index (κ1) is 15.8. The quantitative estimate of drug-likeness (QED) is 0.753. The smallest absolute Gasteiger partial charge is 0.310 e. The summed E-state index contributed by atoms with van der Waals surface area (Å²) in [7, 11) is 0. The van der Waals surface area contributed by atoms with E-state index in [0.29, 0.717) is 11.4 Å². The normalized spacial score (nSPS) is 17.0. The summed E-state index contributed by atoms with van der Waals surface area (Å²) in [5.74, 6) is -1.33. The van der Waals surface area contributed by atoms with Crippen LogP contribution in [0.2, 0.25) is 0 Å². The van der Waals surface area contributed by atoms with E-state index in [4.69, 9.17) is 9.84 Å². The second-order valence-corrected chi connectivity index (χ2v) is 5.76. The third-order valence-corrected chi connectivity index (χ3v) is 3.38. The molecule has 1 unspecified atom stereocenters. The highest BCUT2D eigenvalue weighted by Crippen LogP contribution is 2.29. The van der Waals surface area contributed by atoms with Gasteiger partial charge in [-0.3, -0.25) is 14.4 Å². The Bertz CT molecular complexity index is 612. The van der Waals surface area contributed by atoms with Gasteiger partial charge in [0, 0.05) is 6.54 Å². The minimum absolute atomic E-state index is 0.0217. The molecule has 0 saturated carbocycles. The fraction of sp³-hybridized carbons (Fsp3) is 0.400. The van der Waals surface area contributed by atoms with Crippen molar-refractivity contribution in [3.63, 3.8) is 0 Å². The molecule has 0 fully saturated rings. The largest absolute Gasteiger partial charge is 0.481 e. The van der Waals surface area contributed by atoms with E-state index in [1.807, 2.05) is 0 Å². The highest BCUT2D eigenvalue weighted by atomic mass is 16.5. The molecule has 1 aliphatic heterocycles. The lowest BCUT2D eigenvalue weighted by atomic mass is 9.94. The Balaban J connectivity index is 1.93. The standard InChI is InChI=1S/C15H18N2O5/c1-15(2,14(20)21)8-16-12(18)7-11-13(19)17-9-5-3-4-6-10(9)22-11/h3-6,11H,7-8H2,1-2H3,(H,16,18)(H,17,19)(H,20,21). The van der Waals surface area contributed by atoms with Crippen LogP contribution >= 0.6 is 0 Å². The zero-order valence-electron chi connectivity index (χ0n) is 12.4. The number of amides is 2. The fourth-order valence-corrected chi connectivity index (χ4v) is 1.86. The van der Waals surface area contributed by atoms with Crippen molar-refractivity contribution in [2.45, 2.75) is 26.4 Å². The number of carboxylic acid groups (broad SMARTS) is 1. The summed E-state index contributed by atoms with van der Waals surface area (Å²) in [4.78, 5) is 34.7. The summed E-state index contributed by atoms with van der Waals surface area (Å²) in [5, 5.41) is 14.2. The van der Waals surface area contributed by atoms with Gasteiger partial charge in [0.05, 0.1) is 17.5 Å². The summed E-state index contributed by atoms with van der Waals surface area (Å²) in [5.41, 5.74) is -0.506. The van der Waals surface area contributed by atoms with E-state index in [2.05, 4.69) is 10.6 Å². The van der Waals surface area contributed by atoms with Gasteiger partial charge in [0.15, 0.2) is 6.10 Å². The van der Waals surface area contributed by atoms with Crippen LogP contribution in [0.15, 0.2) is 24.3 Å². The molecule has 1 aliphatic rings. The third kappa shape index (κ3) is 3.55. The minimum atomic E-state index is -1.07. The van der Waals surface area contributed by atoms with Crippen molar-refractivity contribution in [2.75, 3.05) is 11.9 Å². The number of anilines is 1. The van der Waals surface area contributed by atoms with Crippen LogP contribution in [0.4, 0.5) is 5.69 Å². The molecule has 7 nitrogen and oxygen atoms in total. The van der Waals surface area contributed by atoms with Crippen LogP contribution in [0.5, 0.6) is 5.75 Å². The van der Waals surface area contributed by atoms with Crippen LogP contribution in [0.25, 0.3) is 0 Å². The van der Waals surface area contributed by atoms with Crippen LogP contribution in [0.1, 0.15) is 20.3 Å². The number of rotatable bonds is 5. The van der Waals surface area contributed by atoms with Crippen LogP contribution < -0.4 is 15.4 Å². The Morgan fingerprint density at radius 3 is 2.73 bits per heavy atom. The van der Waals surface area contributed by atoms with Crippen LogP contribution in [-0.2, 0) is 14.4 Å². The predicted molar refractivity (Wildman–Crippen MR) is 78.5 cm³/mol. The Hall–Kier alpha value is -2.57. The maximum absolute atomic E-state index is 11.9. The molecule has 0 aliphatic carbocycles. The number of carbonyl (C=O) groups excluding carboxylic acids is 2. The second-order valence-electron chi connectivity index (χ2n) is 5.76. The number of para-hydroxylation sites is 2. The van der Waals surface area contributed by atoms with E-state index in [0.717, 1.165) is 0 Å². The first-order chi connectivity index (χ1) is 10.3. The van der Waals surface area contributed by atoms with Crippen molar-refractivity contribution < 1.29 is 24.2 Å². The number of benzene rings is 1. The van der Waals surface area contributed by atoms with Crippen molar-refractivity contribution in [3.05, 3.63) is 24.3 Å². The number of carbonyl (C=O) groups is 3. The molecule has 22 heavy (non-hydrogen) atoms. The first-order valence-corrected chi connectivity index (χ1v) is 6.86. The van der Waals surface area contributed by atoms with Gasteiger partial charge in [0.25, 0.3) is 5.91 Å². The maximum atomic E-state index is 11.9. The number of carboxylic acids is 1. The van der Waals surface area contributed by atoms with Gasteiger partial charge in [0.2, 0.25) is 5.91 Å². The van der Waals surface area contributed by atoms with Crippen molar-refractivity contribution in [1.82, 2.24) is 5.32 Å². The average molecular weight is 306 g/mol. The van der Waals surface area contributed by atoms with Crippen molar-refractivity contribution >= 4 is 23.5 Å².